The number of nitrogens with one attached hydrogen (secondary N) is 1. The number of aliphatic hydroxyl groups is 1. The van der Waals surface area contributed by atoms with Gasteiger partial charge < -0.3 is 15.3 Å². The maximum absolute atomic E-state index is 11.7. The summed E-state index contributed by atoms with van der Waals surface area (Å²) in [5, 5.41) is 11.8. The van der Waals surface area contributed by atoms with Gasteiger partial charge in [-0.25, -0.2) is 0 Å². The second-order valence-corrected chi connectivity index (χ2v) is 3.39. The van der Waals surface area contributed by atoms with E-state index in [4.69, 9.17) is 5.11 Å². The van der Waals surface area contributed by atoms with E-state index < -0.39 is 0 Å². The van der Waals surface area contributed by atoms with Gasteiger partial charge in [-0.1, -0.05) is 0 Å². The molecule has 4 nitrogen and oxygen atoms in total. The average Bonchev–Trinajstić information content (AvgIpc) is 2.30. The van der Waals surface area contributed by atoms with Crippen LogP contribution in [0.3, 0.4) is 0 Å². The van der Waals surface area contributed by atoms with Gasteiger partial charge in [0.1, 0.15) is 0 Å². The first-order valence-electron chi connectivity index (χ1n) is 4.86. The maximum Gasteiger partial charge on any atom is 0.239 e. The molecule has 76 valence electrons. The van der Waals surface area contributed by atoms with Crippen LogP contribution >= 0.6 is 0 Å². The van der Waals surface area contributed by atoms with Crippen LogP contribution in [0.2, 0.25) is 0 Å². The number of β-amino-alcohol motifs (C(OH)–C–C–N with tert-alkyl or cyclic N) is 1. The largest absolute Gasteiger partial charge is 0.395 e. The standard InChI is InChI=1S/C9H18N2O2/c1-10-8-4-2-3-5-11(6-7-12)9(8)13/h8,10,12H,2-7H2,1H3. The molecule has 0 bridgehead atoms. The summed E-state index contributed by atoms with van der Waals surface area (Å²) < 4.78 is 0. The minimum Gasteiger partial charge on any atom is -0.395 e. The minimum absolute atomic E-state index is 0.0472. The fourth-order valence-electron chi connectivity index (χ4n) is 1.72. The molecule has 13 heavy (non-hydrogen) atoms. The Morgan fingerprint density at radius 2 is 2.38 bits per heavy atom. The van der Waals surface area contributed by atoms with Crippen LogP contribution in [0.1, 0.15) is 19.3 Å². The van der Waals surface area contributed by atoms with Crippen molar-refractivity contribution in [1.82, 2.24) is 10.2 Å². The zero-order chi connectivity index (χ0) is 9.68. The number of carbonyl (C=O) groups excluding carboxylic acids is 1. The van der Waals surface area contributed by atoms with E-state index in [2.05, 4.69) is 5.32 Å². The predicted molar refractivity (Wildman–Crippen MR) is 50.4 cm³/mol. The number of hydrogen-bond donors (Lipinski definition) is 2. The highest BCUT2D eigenvalue weighted by atomic mass is 16.3. The molecule has 1 aliphatic heterocycles. The van der Waals surface area contributed by atoms with Gasteiger partial charge in [-0.3, -0.25) is 4.79 Å². The third-order valence-electron chi connectivity index (χ3n) is 2.50. The van der Waals surface area contributed by atoms with E-state index in [9.17, 15) is 4.79 Å². The van der Waals surface area contributed by atoms with Crippen molar-refractivity contribution in [3.63, 3.8) is 0 Å². The molecule has 0 aromatic heterocycles. The fraction of sp³-hybridized carbons (Fsp3) is 0.889. The van der Waals surface area contributed by atoms with Gasteiger partial charge in [0.25, 0.3) is 0 Å². The van der Waals surface area contributed by atoms with Crippen molar-refractivity contribution in [2.24, 2.45) is 0 Å². The van der Waals surface area contributed by atoms with Crippen LogP contribution in [0.15, 0.2) is 0 Å². The first-order valence-corrected chi connectivity index (χ1v) is 4.86. The summed E-state index contributed by atoms with van der Waals surface area (Å²) in [7, 11) is 1.81. The number of likely N-dealkylation sites (N-methyl/N-ethyl adjacent to an activating group) is 1. The first kappa shape index (κ1) is 10.5. The monoisotopic (exact) mass is 186 g/mol. The molecule has 0 radical (unpaired) electrons. The van der Waals surface area contributed by atoms with Crippen LogP contribution in [0.4, 0.5) is 0 Å². The van der Waals surface area contributed by atoms with Crippen molar-refractivity contribution >= 4 is 5.91 Å². The van der Waals surface area contributed by atoms with Gasteiger partial charge in [0.2, 0.25) is 5.91 Å². The number of likely N-dealkylation sites (tertiary alicyclic amines) is 1. The lowest BCUT2D eigenvalue weighted by molar-refractivity contribution is -0.133. The molecule has 0 aromatic rings. The summed E-state index contributed by atoms with van der Waals surface area (Å²) in [6.07, 6.45) is 3.04. The SMILES string of the molecule is CNC1CCCCN(CCO)C1=O. The smallest absolute Gasteiger partial charge is 0.239 e. The van der Waals surface area contributed by atoms with Crippen LogP contribution < -0.4 is 5.32 Å². The summed E-state index contributed by atoms with van der Waals surface area (Å²) in [5.41, 5.74) is 0. The molecule has 1 aliphatic rings. The van der Waals surface area contributed by atoms with Crippen LogP contribution in [-0.2, 0) is 4.79 Å². The molecule has 0 spiro atoms. The molecule has 1 atom stereocenters. The second-order valence-electron chi connectivity index (χ2n) is 3.39. The van der Waals surface area contributed by atoms with Gasteiger partial charge in [-0.15, -0.1) is 0 Å². The lowest BCUT2D eigenvalue weighted by Crippen LogP contribution is -2.44. The quantitative estimate of drug-likeness (QED) is 0.629. The van der Waals surface area contributed by atoms with Crippen LogP contribution in [0.5, 0.6) is 0 Å². The average molecular weight is 186 g/mol. The summed E-state index contributed by atoms with van der Waals surface area (Å²) in [5.74, 6) is 0.133. The Labute approximate surface area is 78.9 Å². The molecule has 1 heterocycles. The van der Waals surface area contributed by atoms with E-state index in [1.807, 2.05) is 7.05 Å². The highest BCUT2D eigenvalue weighted by Gasteiger charge is 2.24. The number of rotatable bonds is 3. The van der Waals surface area contributed by atoms with Gasteiger partial charge in [0.05, 0.1) is 12.6 Å². The molecule has 2 N–H and O–H groups in total. The van der Waals surface area contributed by atoms with Crippen LogP contribution in [0.25, 0.3) is 0 Å². The summed E-state index contributed by atoms with van der Waals surface area (Å²) in [6, 6.07) is -0.0472. The molecule has 1 fully saturated rings. The Hall–Kier alpha value is -0.610. The predicted octanol–water partition coefficient (Wildman–Crippen LogP) is -0.421. The van der Waals surface area contributed by atoms with Crippen LogP contribution in [-0.4, -0.2) is 48.7 Å². The van der Waals surface area contributed by atoms with Gasteiger partial charge >= 0.3 is 0 Å². The second kappa shape index (κ2) is 5.19. The van der Waals surface area contributed by atoms with Gasteiger partial charge in [0, 0.05) is 13.1 Å². The molecule has 0 aliphatic carbocycles. The molecular formula is C9H18N2O2. The molecule has 1 unspecified atom stereocenters. The van der Waals surface area contributed by atoms with Gasteiger partial charge in [-0.2, -0.15) is 0 Å². The van der Waals surface area contributed by atoms with Crippen molar-refractivity contribution in [2.75, 3.05) is 26.7 Å². The number of hydrogen-bond acceptors (Lipinski definition) is 3. The zero-order valence-corrected chi connectivity index (χ0v) is 8.12. The van der Waals surface area contributed by atoms with Gasteiger partial charge in [-0.05, 0) is 26.3 Å². The van der Waals surface area contributed by atoms with Crippen molar-refractivity contribution in [3.05, 3.63) is 0 Å². The topological polar surface area (TPSA) is 52.6 Å². The minimum atomic E-state index is -0.0472. The molecule has 0 saturated carbocycles. The number of amides is 1. The van der Waals surface area contributed by atoms with Crippen molar-refractivity contribution in [2.45, 2.75) is 25.3 Å². The van der Waals surface area contributed by atoms with E-state index >= 15 is 0 Å². The molecule has 1 saturated heterocycles. The molecule has 1 rings (SSSR count). The third kappa shape index (κ3) is 2.67. The normalized spacial score (nSPS) is 24.6. The van der Waals surface area contributed by atoms with Gasteiger partial charge in [0.15, 0.2) is 0 Å². The number of carbonyl (C=O) groups is 1. The Balaban J connectivity index is 2.56. The molecule has 4 heteroatoms. The molecular weight excluding hydrogens is 168 g/mol. The first-order chi connectivity index (χ1) is 6.29. The molecule has 0 aromatic carbocycles. The highest BCUT2D eigenvalue weighted by molar-refractivity contribution is 5.82. The van der Waals surface area contributed by atoms with E-state index in [0.29, 0.717) is 6.54 Å². The summed E-state index contributed by atoms with van der Waals surface area (Å²) in [6.45, 7) is 1.32. The lowest BCUT2D eigenvalue weighted by atomic mass is 10.1. The molecule has 1 amide bonds. The van der Waals surface area contributed by atoms with E-state index in [1.54, 1.807) is 4.90 Å². The Morgan fingerprint density at radius 3 is 3.00 bits per heavy atom. The highest BCUT2D eigenvalue weighted by Crippen LogP contribution is 2.11. The van der Waals surface area contributed by atoms with E-state index in [1.165, 1.54) is 0 Å². The van der Waals surface area contributed by atoms with Crippen LogP contribution in [0, 0.1) is 0 Å². The Morgan fingerprint density at radius 1 is 1.62 bits per heavy atom. The lowest BCUT2D eigenvalue weighted by Gasteiger charge is -2.22. The number of nitrogens with zero attached hydrogens (tertiary/aromatic N) is 1. The Kier molecular flexibility index (Phi) is 4.18. The third-order valence-corrected chi connectivity index (χ3v) is 2.50. The van der Waals surface area contributed by atoms with E-state index in [0.717, 1.165) is 25.8 Å². The Bertz CT molecular complexity index is 173. The zero-order valence-electron chi connectivity index (χ0n) is 8.12. The van der Waals surface area contributed by atoms with Crippen molar-refractivity contribution < 1.29 is 9.90 Å². The number of aliphatic hydroxyl groups excluding tert-OH is 1. The van der Waals surface area contributed by atoms with E-state index in [-0.39, 0.29) is 18.6 Å². The fourth-order valence-corrected chi connectivity index (χ4v) is 1.72. The van der Waals surface area contributed by atoms with Crippen molar-refractivity contribution in [1.29, 1.82) is 0 Å². The maximum atomic E-state index is 11.7. The summed E-state index contributed by atoms with van der Waals surface area (Å²) >= 11 is 0. The summed E-state index contributed by atoms with van der Waals surface area (Å²) in [4.78, 5) is 13.5. The van der Waals surface area contributed by atoms with Crippen molar-refractivity contribution in [3.8, 4) is 0 Å².